The molecule has 0 bridgehead atoms. The maximum absolute atomic E-state index is 5.77. The summed E-state index contributed by atoms with van der Waals surface area (Å²) in [5, 5.41) is 3.69. The van der Waals surface area contributed by atoms with Crippen LogP contribution in [0, 0.1) is 0 Å². The molecular formula is C13H18N2. The molecule has 1 aromatic rings. The number of hydrogen-bond donors (Lipinski definition) is 2. The Morgan fingerprint density at radius 1 is 1.07 bits per heavy atom. The average Bonchev–Trinajstić information content (AvgIpc) is 2.96. The molecule has 2 nitrogen and oxygen atoms in total. The normalized spacial score (nSPS) is 38.5. The van der Waals surface area contributed by atoms with Gasteiger partial charge in [-0.3, -0.25) is 0 Å². The molecule has 2 aliphatic carbocycles. The standard InChI is InChI=1S/C13H18N2/c14-10-6-11(7-10)15-13-8-12(13)9-4-2-1-3-5-9/h1-5,10-13,15H,6-8,14H2/t10-,11-,12-,13+/m0/s1. The highest BCUT2D eigenvalue weighted by Crippen LogP contribution is 2.41. The Labute approximate surface area is 90.9 Å². The van der Waals surface area contributed by atoms with Gasteiger partial charge >= 0.3 is 0 Å². The number of nitrogens with two attached hydrogens (primary N) is 1. The van der Waals surface area contributed by atoms with E-state index in [0.717, 1.165) is 18.8 Å². The van der Waals surface area contributed by atoms with Gasteiger partial charge in [0, 0.05) is 24.0 Å². The fraction of sp³-hybridized carbons (Fsp3) is 0.538. The monoisotopic (exact) mass is 202 g/mol. The molecule has 1 aromatic carbocycles. The van der Waals surface area contributed by atoms with Crippen LogP contribution in [0.4, 0.5) is 0 Å². The topological polar surface area (TPSA) is 38.0 Å². The van der Waals surface area contributed by atoms with Gasteiger partial charge in [-0.2, -0.15) is 0 Å². The van der Waals surface area contributed by atoms with Crippen molar-refractivity contribution in [1.82, 2.24) is 5.32 Å². The van der Waals surface area contributed by atoms with Gasteiger partial charge in [0.05, 0.1) is 0 Å². The van der Waals surface area contributed by atoms with Gasteiger partial charge in [-0.25, -0.2) is 0 Å². The molecule has 0 unspecified atom stereocenters. The number of rotatable bonds is 3. The SMILES string of the molecule is N[C@H]1C[C@H](N[C@@H]2C[C@H]2c2ccccc2)C1. The maximum Gasteiger partial charge on any atom is 0.0145 e. The summed E-state index contributed by atoms with van der Waals surface area (Å²) in [7, 11) is 0. The number of hydrogen-bond acceptors (Lipinski definition) is 2. The molecule has 80 valence electrons. The van der Waals surface area contributed by atoms with E-state index in [0.29, 0.717) is 18.1 Å². The smallest absolute Gasteiger partial charge is 0.0145 e. The number of benzene rings is 1. The first-order valence-corrected chi connectivity index (χ1v) is 5.89. The van der Waals surface area contributed by atoms with E-state index in [4.69, 9.17) is 5.73 Å². The van der Waals surface area contributed by atoms with Gasteiger partial charge in [-0.05, 0) is 24.8 Å². The fourth-order valence-electron chi connectivity index (χ4n) is 2.55. The molecule has 2 heteroatoms. The van der Waals surface area contributed by atoms with Crippen LogP contribution in [0.3, 0.4) is 0 Å². The molecule has 0 aliphatic heterocycles. The highest BCUT2D eigenvalue weighted by Gasteiger charge is 2.41. The Balaban J connectivity index is 1.52. The molecule has 0 heterocycles. The van der Waals surface area contributed by atoms with Crippen LogP contribution in [0.5, 0.6) is 0 Å². The lowest BCUT2D eigenvalue weighted by Gasteiger charge is -2.33. The Kier molecular flexibility index (Phi) is 2.26. The largest absolute Gasteiger partial charge is 0.328 e. The van der Waals surface area contributed by atoms with Crippen LogP contribution < -0.4 is 11.1 Å². The van der Waals surface area contributed by atoms with Gasteiger partial charge in [0.2, 0.25) is 0 Å². The van der Waals surface area contributed by atoms with E-state index in [1.807, 2.05) is 0 Å². The van der Waals surface area contributed by atoms with Crippen LogP contribution in [-0.2, 0) is 0 Å². The molecule has 3 N–H and O–H groups in total. The van der Waals surface area contributed by atoms with Crippen LogP contribution in [0.1, 0.15) is 30.7 Å². The van der Waals surface area contributed by atoms with E-state index in [1.165, 1.54) is 12.0 Å². The van der Waals surface area contributed by atoms with Gasteiger partial charge in [0.1, 0.15) is 0 Å². The molecule has 0 radical (unpaired) electrons. The lowest BCUT2D eigenvalue weighted by Crippen LogP contribution is -2.49. The molecular weight excluding hydrogens is 184 g/mol. The third-order valence-corrected chi connectivity index (χ3v) is 3.64. The summed E-state index contributed by atoms with van der Waals surface area (Å²) in [6, 6.07) is 12.7. The summed E-state index contributed by atoms with van der Waals surface area (Å²) in [5.74, 6) is 0.753. The second kappa shape index (κ2) is 3.62. The van der Waals surface area contributed by atoms with Crippen LogP contribution in [0.15, 0.2) is 30.3 Å². The van der Waals surface area contributed by atoms with Crippen molar-refractivity contribution in [1.29, 1.82) is 0 Å². The zero-order valence-corrected chi connectivity index (χ0v) is 8.89. The molecule has 15 heavy (non-hydrogen) atoms. The molecule has 2 aliphatic rings. The highest BCUT2D eigenvalue weighted by molar-refractivity contribution is 5.27. The lowest BCUT2D eigenvalue weighted by molar-refractivity contribution is 0.289. The van der Waals surface area contributed by atoms with Crippen molar-refractivity contribution in [3.8, 4) is 0 Å². The van der Waals surface area contributed by atoms with E-state index >= 15 is 0 Å². The predicted molar refractivity (Wildman–Crippen MR) is 61.7 cm³/mol. The van der Waals surface area contributed by atoms with E-state index in [1.54, 1.807) is 0 Å². The van der Waals surface area contributed by atoms with Crippen molar-refractivity contribution >= 4 is 0 Å². The van der Waals surface area contributed by atoms with Crippen molar-refractivity contribution in [2.45, 2.75) is 43.3 Å². The molecule has 0 spiro atoms. The Hall–Kier alpha value is -0.860. The summed E-state index contributed by atoms with van der Waals surface area (Å²) in [5.41, 5.74) is 7.26. The van der Waals surface area contributed by atoms with E-state index in [9.17, 15) is 0 Å². The predicted octanol–water partition coefficient (Wildman–Crippen LogP) is 1.62. The molecule has 3 rings (SSSR count). The van der Waals surface area contributed by atoms with Gasteiger partial charge in [-0.15, -0.1) is 0 Å². The van der Waals surface area contributed by atoms with Crippen molar-refractivity contribution in [3.63, 3.8) is 0 Å². The first kappa shape index (κ1) is 9.37. The van der Waals surface area contributed by atoms with E-state index in [2.05, 4.69) is 35.6 Å². The second-order valence-corrected chi connectivity index (χ2v) is 4.95. The van der Waals surface area contributed by atoms with Crippen molar-refractivity contribution < 1.29 is 0 Å². The molecule has 0 aromatic heterocycles. The minimum absolute atomic E-state index is 0.455. The second-order valence-electron chi connectivity index (χ2n) is 4.95. The maximum atomic E-state index is 5.77. The van der Waals surface area contributed by atoms with Gasteiger partial charge in [0.25, 0.3) is 0 Å². The Bertz CT molecular complexity index is 330. The first-order chi connectivity index (χ1) is 7.33. The Morgan fingerprint density at radius 2 is 1.80 bits per heavy atom. The molecule has 0 saturated heterocycles. The highest BCUT2D eigenvalue weighted by atomic mass is 15.0. The summed E-state index contributed by atoms with van der Waals surface area (Å²) in [6.45, 7) is 0. The number of nitrogens with one attached hydrogen (secondary N) is 1. The summed E-state index contributed by atoms with van der Waals surface area (Å²) >= 11 is 0. The fourth-order valence-corrected chi connectivity index (χ4v) is 2.55. The molecule has 2 saturated carbocycles. The minimum atomic E-state index is 0.455. The quantitative estimate of drug-likeness (QED) is 0.781. The van der Waals surface area contributed by atoms with Crippen molar-refractivity contribution in [3.05, 3.63) is 35.9 Å². The van der Waals surface area contributed by atoms with Crippen molar-refractivity contribution in [2.24, 2.45) is 5.73 Å². The van der Waals surface area contributed by atoms with Gasteiger partial charge in [-0.1, -0.05) is 30.3 Å². The first-order valence-electron chi connectivity index (χ1n) is 5.89. The zero-order chi connectivity index (χ0) is 10.3. The third kappa shape index (κ3) is 1.92. The third-order valence-electron chi connectivity index (χ3n) is 3.64. The summed E-state index contributed by atoms with van der Waals surface area (Å²) in [6.07, 6.45) is 3.63. The lowest BCUT2D eigenvalue weighted by atomic mass is 9.87. The summed E-state index contributed by atoms with van der Waals surface area (Å²) < 4.78 is 0. The van der Waals surface area contributed by atoms with Crippen molar-refractivity contribution in [2.75, 3.05) is 0 Å². The molecule has 0 amide bonds. The van der Waals surface area contributed by atoms with Crippen LogP contribution in [-0.4, -0.2) is 18.1 Å². The van der Waals surface area contributed by atoms with Crippen LogP contribution >= 0.6 is 0 Å². The molecule has 2 atom stereocenters. The van der Waals surface area contributed by atoms with E-state index < -0.39 is 0 Å². The Morgan fingerprint density at radius 3 is 2.47 bits per heavy atom. The van der Waals surface area contributed by atoms with Crippen LogP contribution in [0.2, 0.25) is 0 Å². The van der Waals surface area contributed by atoms with E-state index in [-0.39, 0.29) is 0 Å². The average molecular weight is 202 g/mol. The zero-order valence-electron chi connectivity index (χ0n) is 8.89. The van der Waals surface area contributed by atoms with Gasteiger partial charge < -0.3 is 11.1 Å². The summed E-state index contributed by atoms with van der Waals surface area (Å²) in [4.78, 5) is 0. The minimum Gasteiger partial charge on any atom is -0.328 e. The van der Waals surface area contributed by atoms with Crippen LogP contribution in [0.25, 0.3) is 0 Å². The molecule has 2 fully saturated rings. The van der Waals surface area contributed by atoms with Gasteiger partial charge in [0.15, 0.2) is 0 Å².